The molecule has 0 amide bonds. The van der Waals surface area contributed by atoms with Gasteiger partial charge in [-0.25, -0.2) is 0 Å². The van der Waals surface area contributed by atoms with Gasteiger partial charge in [0.25, 0.3) is 0 Å². The van der Waals surface area contributed by atoms with E-state index in [0.717, 1.165) is 36.2 Å². The molecule has 2 rings (SSSR count). The van der Waals surface area contributed by atoms with Gasteiger partial charge in [0, 0.05) is 17.0 Å². The molecule has 1 aliphatic rings. The summed E-state index contributed by atoms with van der Waals surface area (Å²) in [7, 11) is 0. The largest absolute Gasteiger partial charge is 0.359 e. The molecule has 0 saturated carbocycles. The smallest absolute Gasteiger partial charge is 0.157 e. The molecule has 0 spiro atoms. The van der Waals surface area contributed by atoms with Gasteiger partial charge in [-0.05, 0) is 38.3 Å². The summed E-state index contributed by atoms with van der Waals surface area (Å²) in [6, 6.07) is 10.0. The van der Waals surface area contributed by atoms with Crippen molar-refractivity contribution in [3.05, 3.63) is 41.6 Å². The maximum absolute atomic E-state index is 11.3. The number of para-hydroxylation sites is 1. The van der Waals surface area contributed by atoms with E-state index < -0.39 is 0 Å². The van der Waals surface area contributed by atoms with Crippen LogP contribution < -0.4 is 5.32 Å². The Morgan fingerprint density at radius 2 is 1.93 bits per heavy atom. The SMILES string of the molecule is CC(=O)C1=C(Nc2ccccc2)CCC1. The van der Waals surface area contributed by atoms with Crippen LogP contribution in [0.15, 0.2) is 41.6 Å². The third-order valence-electron chi connectivity index (χ3n) is 2.71. The Bertz CT molecular complexity index is 392. The first-order valence-electron chi connectivity index (χ1n) is 5.32. The molecule has 0 unspecified atom stereocenters. The Morgan fingerprint density at radius 3 is 2.60 bits per heavy atom. The second kappa shape index (κ2) is 4.30. The molecule has 1 aromatic carbocycles. The van der Waals surface area contributed by atoms with Crippen LogP contribution in [0.3, 0.4) is 0 Å². The number of allylic oxidation sites excluding steroid dienone is 2. The summed E-state index contributed by atoms with van der Waals surface area (Å²) in [6.07, 6.45) is 3.00. The van der Waals surface area contributed by atoms with Crippen LogP contribution in [-0.4, -0.2) is 5.78 Å². The number of rotatable bonds is 3. The fourth-order valence-corrected chi connectivity index (χ4v) is 1.97. The Hall–Kier alpha value is -1.57. The molecule has 0 aromatic heterocycles. The number of nitrogens with one attached hydrogen (secondary N) is 1. The van der Waals surface area contributed by atoms with E-state index in [-0.39, 0.29) is 5.78 Å². The lowest BCUT2D eigenvalue weighted by Gasteiger charge is -2.08. The van der Waals surface area contributed by atoms with Crippen molar-refractivity contribution in [1.29, 1.82) is 0 Å². The quantitative estimate of drug-likeness (QED) is 0.814. The van der Waals surface area contributed by atoms with Gasteiger partial charge in [0.15, 0.2) is 5.78 Å². The molecule has 1 N–H and O–H groups in total. The molecule has 2 nitrogen and oxygen atoms in total. The number of anilines is 1. The summed E-state index contributed by atoms with van der Waals surface area (Å²) in [6.45, 7) is 1.65. The highest BCUT2D eigenvalue weighted by molar-refractivity contribution is 5.95. The van der Waals surface area contributed by atoms with Gasteiger partial charge in [0.05, 0.1) is 0 Å². The molecular weight excluding hydrogens is 186 g/mol. The molecule has 1 aliphatic carbocycles. The molecular formula is C13H15NO. The van der Waals surface area contributed by atoms with Crippen LogP contribution in [0.1, 0.15) is 26.2 Å². The summed E-state index contributed by atoms with van der Waals surface area (Å²) in [4.78, 5) is 11.3. The summed E-state index contributed by atoms with van der Waals surface area (Å²) in [5.41, 5.74) is 3.14. The lowest BCUT2D eigenvalue weighted by molar-refractivity contribution is -0.113. The maximum Gasteiger partial charge on any atom is 0.157 e. The van der Waals surface area contributed by atoms with E-state index in [9.17, 15) is 4.79 Å². The molecule has 0 atom stereocenters. The number of carbonyl (C=O) groups is 1. The van der Waals surface area contributed by atoms with Crippen LogP contribution in [0.2, 0.25) is 0 Å². The Kier molecular flexibility index (Phi) is 2.86. The molecule has 0 fully saturated rings. The normalized spacial score (nSPS) is 15.5. The molecule has 0 heterocycles. The van der Waals surface area contributed by atoms with E-state index in [0.29, 0.717) is 0 Å². The number of benzene rings is 1. The molecule has 78 valence electrons. The average Bonchev–Trinajstić information content (AvgIpc) is 2.67. The zero-order valence-electron chi connectivity index (χ0n) is 8.92. The minimum atomic E-state index is 0.200. The second-order valence-electron chi connectivity index (χ2n) is 3.86. The highest BCUT2D eigenvalue weighted by atomic mass is 16.1. The Labute approximate surface area is 90.0 Å². The van der Waals surface area contributed by atoms with Crippen molar-refractivity contribution in [3.63, 3.8) is 0 Å². The fourth-order valence-electron chi connectivity index (χ4n) is 1.97. The van der Waals surface area contributed by atoms with Crippen LogP contribution in [0, 0.1) is 0 Å². The Balaban J connectivity index is 2.18. The third kappa shape index (κ3) is 2.27. The van der Waals surface area contributed by atoms with Crippen LogP contribution in [-0.2, 0) is 4.79 Å². The van der Waals surface area contributed by atoms with E-state index in [1.165, 1.54) is 0 Å². The monoisotopic (exact) mass is 201 g/mol. The molecule has 0 bridgehead atoms. The molecule has 0 saturated heterocycles. The first-order valence-corrected chi connectivity index (χ1v) is 5.32. The van der Waals surface area contributed by atoms with Crippen LogP contribution in [0.4, 0.5) is 5.69 Å². The van der Waals surface area contributed by atoms with Crippen molar-refractivity contribution >= 4 is 11.5 Å². The van der Waals surface area contributed by atoms with Crippen molar-refractivity contribution in [3.8, 4) is 0 Å². The third-order valence-corrected chi connectivity index (χ3v) is 2.71. The van der Waals surface area contributed by atoms with Gasteiger partial charge in [-0.1, -0.05) is 18.2 Å². The average molecular weight is 201 g/mol. The fraction of sp³-hybridized carbons (Fsp3) is 0.308. The molecule has 15 heavy (non-hydrogen) atoms. The Morgan fingerprint density at radius 1 is 1.20 bits per heavy atom. The molecule has 0 aliphatic heterocycles. The molecule has 2 heteroatoms. The second-order valence-corrected chi connectivity index (χ2v) is 3.86. The van der Waals surface area contributed by atoms with E-state index in [1.54, 1.807) is 6.92 Å². The first kappa shape index (κ1) is 9.97. The lowest BCUT2D eigenvalue weighted by atomic mass is 10.1. The minimum absolute atomic E-state index is 0.200. The van der Waals surface area contributed by atoms with Crippen LogP contribution >= 0.6 is 0 Å². The number of ketones is 1. The van der Waals surface area contributed by atoms with Crippen molar-refractivity contribution < 1.29 is 4.79 Å². The number of hydrogen-bond donors (Lipinski definition) is 1. The van der Waals surface area contributed by atoms with Gasteiger partial charge in [-0.15, -0.1) is 0 Å². The summed E-state index contributed by atoms with van der Waals surface area (Å²) in [5.74, 6) is 0.200. The number of Topliss-reactive ketones (excluding diaryl/α,β-unsaturated/α-hetero) is 1. The van der Waals surface area contributed by atoms with Gasteiger partial charge in [0.1, 0.15) is 0 Å². The zero-order valence-corrected chi connectivity index (χ0v) is 8.92. The van der Waals surface area contributed by atoms with E-state index >= 15 is 0 Å². The van der Waals surface area contributed by atoms with E-state index in [4.69, 9.17) is 0 Å². The number of hydrogen-bond acceptors (Lipinski definition) is 2. The molecule has 0 radical (unpaired) electrons. The maximum atomic E-state index is 11.3. The van der Waals surface area contributed by atoms with Gasteiger partial charge in [0.2, 0.25) is 0 Å². The van der Waals surface area contributed by atoms with Crippen molar-refractivity contribution in [2.75, 3.05) is 5.32 Å². The standard InChI is InChI=1S/C13H15NO/c1-10(15)12-8-5-9-13(12)14-11-6-3-2-4-7-11/h2-4,6-7,14H,5,8-9H2,1H3. The van der Waals surface area contributed by atoms with Gasteiger partial charge < -0.3 is 5.32 Å². The summed E-state index contributed by atoms with van der Waals surface area (Å²) in [5, 5.41) is 3.33. The lowest BCUT2D eigenvalue weighted by Crippen LogP contribution is -2.03. The van der Waals surface area contributed by atoms with Crippen LogP contribution in [0.5, 0.6) is 0 Å². The zero-order chi connectivity index (χ0) is 10.7. The number of carbonyl (C=O) groups excluding carboxylic acids is 1. The van der Waals surface area contributed by atoms with Crippen molar-refractivity contribution in [2.45, 2.75) is 26.2 Å². The van der Waals surface area contributed by atoms with Crippen molar-refractivity contribution in [1.82, 2.24) is 0 Å². The highest BCUT2D eigenvalue weighted by Crippen LogP contribution is 2.27. The van der Waals surface area contributed by atoms with Gasteiger partial charge in [-0.3, -0.25) is 4.79 Å². The van der Waals surface area contributed by atoms with Gasteiger partial charge >= 0.3 is 0 Å². The van der Waals surface area contributed by atoms with E-state index in [1.807, 2.05) is 30.3 Å². The first-order chi connectivity index (χ1) is 7.27. The summed E-state index contributed by atoms with van der Waals surface area (Å²) < 4.78 is 0. The topological polar surface area (TPSA) is 29.1 Å². The molecule has 1 aromatic rings. The van der Waals surface area contributed by atoms with Crippen LogP contribution in [0.25, 0.3) is 0 Å². The predicted molar refractivity (Wildman–Crippen MR) is 61.6 cm³/mol. The van der Waals surface area contributed by atoms with Gasteiger partial charge in [-0.2, -0.15) is 0 Å². The van der Waals surface area contributed by atoms with Crippen molar-refractivity contribution in [2.24, 2.45) is 0 Å². The minimum Gasteiger partial charge on any atom is -0.359 e. The highest BCUT2D eigenvalue weighted by Gasteiger charge is 2.17. The predicted octanol–water partition coefficient (Wildman–Crippen LogP) is 3.13. The summed E-state index contributed by atoms with van der Waals surface area (Å²) >= 11 is 0. The van der Waals surface area contributed by atoms with E-state index in [2.05, 4.69) is 5.32 Å².